The molecule has 1 aromatic heterocycles. The van der Waals surface area contributed by atoms with Crippen molar-refractivity contribution in [2.24, 2.45) is 0 Å². The van der Waals surface area contributed by atoms with Crippen molar-refractivity contribution in [3.8, 4) is 5.88 Å². The lowest BCUT2D eigenvalue weighted by molar-refractivity contribution is 0.0930. The summed E-state index contributed by atoms with van der Waals surface area (Å²) in [6.45, 7) is 1.36. The maximum absolute atomic E-state index is 12.6. The molecule has 2 aliphatic rings. The number of aromatic nitrogens is 1. The number of amides is 1. The van der Waals surface area contributed by atoms with Gasteiger partial charge in [-0.15, -0.1) is 0 Å². The predicted molar refractivity (Wildman–Crippen MR) is 106 cm³/mol. The second-order valence-electron chi connectivity index (χ2n) is 7.92. The van der Waals surface area contributed by atoms with Crippen LogP contribution >= 0.6 is 0 Å². The van der Waals surface area contributed by atoms with Crippen LogP contribution in [0.4, 0.5) is 0 Å². The van der Waals surface area contributed by atoms with Gasteiger partial charge in [-0.05, 0) is 18.9 Å². The zero-order chi connectivity index (χ0) is 18.7. The predicted octanol–water partition coefficient (Wildman–Crippen LogP) is 4.65. The molecule has 150 valence electrons. The van der Waals surface area contributed by atoms with Crippen molar-refractivity contribution in [2.75, 3.05) is 13.2 Å². The van der Waals surface area contributed by atoms with E-state index in [9.17, 15) is 4.79 Å². The molecule has 0 aromatic carbocycles. The van der Waals surface area contributed by atoms with Crippen LogP contribution in [0.5, 0.6) is 5.88 Å². The van der Waals surface area contributed by atoms with Crippen LogP contribution in [0.25, 0.3) is 0 Å². The molecule has 0 spiro atoms. The minimum absolute atomic E-state index is 0.0182. The van der Waals surface area contributed by atoms with Crippen LogP contribution < -0.4 is 10.1 Å². The van der Waals surface area contributed by atoms with E-state index in [4.69, 9.17) is 9.47 Å². The van der Waals surface area contributed by atoms with E-state index in [1.54, 1.807) is 12.3 Å². The number of pyridine rings is 1. The molecule has 1 aromatic rings. The van der Waals surface area contributed by atoms with E-state index in [2.05, 4.69) is 10.3 Å². The molecule has 2 fully saturated rings. The average Bonchev–Trinajstić information content (AvgIpc) is 3.17. The van der Waals surface area contributed by atoms with Gasteiger partial charge < -0.3 is 14.8 Å². The Morgan fingerprint density at radius 1 is 0.963 bits per heavy atom. The van der Waals surface area contributed by atoms with E-state index in [1.165, 1.54) is 57.8 Å². The van der Waals surface area contributed by atoms with Crippen LogP contribution in [0, 0.1) is 0 Å². The van der Waals surface area contributed by atoms with Crippen LogP contribution in [0.2, 0.25) is 0 Å². The van der Waals surface area contributed by atoms with Gasteiger partial charge in [0, 0.05) is 24.7 Å². The zero-order valence-corrected chi connectivity index (χ0v) is 16.5. The van der Waals surface area contributed by atoms with Crippen LogP contribution in [0.3, 0.4) is 0 Å². The topological polar surface area (TPSA) is 60.5 Å². The van der Waals surface area contributed by atoms with Crippen molar-refractivity contribution in [1.29, 1.82) is 0 Å². The third-order valence-corrected chi connectivity index (χ3v) is 5.61. The van der Waals surface area contributed by atoms with Gasteiger partial charge in [0.15, 0.2) is 0 Å². The molecular weight excluding hydrogens is 340 g/mol. The van der Waals surface area contributed by atoms with Gasteiger partial charge in [-0.3, -0.25) is 4.79 Å². The van der Waals surface area contributed by atoms with Gasteiger partial charge in [-0.1, -0.05) is 57.8 Å². The summed E-state index contributed by atoms with van der Waals surface area (Å²) in [4.78, 5) is 16.9. The Bertz CT molecular complexity index is 543. The largest absolute Gasteiger partial charge is 0.472 e. The summed E-state index contributed by atoms with van der Waals surface area (Å²) in [6, 6.07) is 3.88. The smallest absolute Gasteiger partial charge is 0.253 e. The lowest BCUT2D eigenvalue weighted by Crippen LogP contribution is -2.35. The number of carbonyl (C=O) groups excluding carboxylic acids is 1. The van der Waals surface area contributed by atoms with E-state index in [1.807, 2.05) is 6.07 Å². The number of nitrogens with zero attached hydrogens (tertiary/aromatic N) is 1. The lowest BCUT2D eigenvalue weighted by atomic mass is 9.98. The summed E-state index contributed by atoms with van der Waals surface area (Å²) in [5, 5.41) is 3.24. The van der Waals surface area contributed by atoms with Gasteiger partial charge >= 0.3 is 0 Å². The number of hydrogen-bond acceptors (Lipinski definition) is 4. The van der Waals surface area contributed by atoms with E-state index < -0.39 is 0 Å². The first kappa shape index (κ1) is 20.1. The average molecular weight is 375 g/mol. The third-order valence-electron chi connectivity index (χ3n) is 5.61. The van der Waals surface area contributed by atoms with E-state index in [-0.39, 0.29) is 18.1 Å². The molecule has 1 aliphatic heterocycles. The molecule has 0 radical (unpaired) electrons. The fraction of sp³-hybridized carbons (Fsp3) is 0.727. The summed E-state index contributed by atoms with van der Waals surface area (Å²) in [6.07, 6.45) is 16.5. The van der Waals surface area contributed by atoms with Crippen LogP contribution in [-0.4, -0.2) is 36.3 Å². The Kier molecular flexibility index (Phi) is 8.40. The molecule has 1 atom stereocenters. The quantitative estimate of drug-likeness (QED) is 0.833. The summed E-state index contributed by atoms with van der Waals surface area (Å²) in [5.74, 6) is 0.545. The highest BCUT2D eigenvalue weighted by molar-refractivity contribution is 5.94. The number of ether oxygens (including phenoxy) is 2. The standard InChI is InChI=1S/C22H34N2O3/c25-22(18-12-13-21(23-16-18)27-20-14-15-26-17-20)24-19-10-8-6-4-2-1-3-5-7-9-11-19/h12-13,16,19-20H,1-11,14-15,17H2,(H,24,25). The Hall–Kier alpha value is -1.62. The van der Waals surface area contributed by atoms with E-state index in [0.29, 0.717) is 18.1 Å². The fourth-order valence-corrected chi connectivity index (χ4v) is 3.94. The van der Waals surface area contributed by atoms with Crippen LogP contribution in [-0.2, 0) is 4.74 Å². The van der Waals surface area contributed by atoms with Gasteiger partial charge in [0.05, 0.1) is 18.8 Å². The molecule has 1 aliphatic carbocycles. The number of rotatable bonds is 4. The van der Waals surface area contributed by atoms with Gasteiger partial charge in [0.25, 0.3) is 5.91 Å². The highest BCUT2D eigenvalue weighted by Crippen LogP contribution is 2.18. The van der Waals surface area contributed by atoms with E-state index in [0.717, 1.165) is 25.9 Å². The van der Waals surface area contributed by atoms with Gasteiger partial charge in [0.1, 0.15) is 6.10 Å². The number of hydrogen-bond donors (Lipinski definition) is 1. The van der Waals surface area contributed by atoms with E-state index >= 15 is 0 Å². The number of carbonyl (C=O) groups is 1. The molecule has 0 bridgehead atoms. The highest BCUT2D eigenvalue weighted by atomic mass is 16.5. The molecule has 1 amide bonds. The second-order valence-corrected chi connectivity index (χ2v) is 7.92. The second kappa shape index (κ2) is 11.3. The van der Waals surface area contributed by atoms with Crippen molar-refractivity contribution >= 4 is 5.91 Å². The summed E-state index contributed by atoms with van der Waals surface area (Å²) >= 11 is 0. The summed E-state index contributed by atoms with van der Waals surface area (Å²) < 4.78 is 11.1. The maximum atomic E-state index is 12.6. The van der Waals surface area contributed by atoms with Crippen LogP contribution in [0.1, 0.15) is 87.4 Å². The molecular formula is C22H34N2O3. The monoisotopic (exact) mass is 374 g/mol. The van der Waals surface area contributed by atoms with Crippen molar-refractivity contribution in [2.45, 2.75) is 89.2 Å². The molecule has 1 saturated carbocycles. The molecule has 5 nitrogen and oxygen atoms in total. The minimum Gasteiger partial charge on any atom is -0.472 e. The molecule has 27 heavy (non-hydrogen) atoms. The third kappa shape index (κ3) is 7.13. The van der Waals surface area contributed by atoms with Crippen LogP contribution in [0.15, 0.2) is 18.3 Å². The van der Waals surface area contributed by atoms with Gasteiger partial charge in [0.2, 0.25) is 5.88 Å². The Balaban J connectivity index is 1.49. The molecule has 1 saturated heterocycles. The van der Waals surface area contributed by atoms with Crippen molar-refractivity contribution in [1.82, 2.24) is 10.3 Å². The first-order valence-electron chi connectivity index (χ1n) is 10.8. The molecule has 1 unspecified atom stereocenters. The number of nitrogens with one attached hydrogen (secondary N) is 1. The zero-order valence-electron chi connectivity index (χ0n) is 16.5. The van der Waals surface area contributed by atoms with Gasteiger partial charge in [-0.2, -0.15) is 0 Å². The first-order chi connectivity index (χ1) is 13.3. The Morgan fingerprint density at radius 2 is 1.63 bits per heavy atom. The Labute approximate surface area is 163 Å². The Morgan fingerprint density at radius 3 is 2.19 bits per heavy atom. The normalized spacial score (nSPS) is 23.2. The summed E-state index contributed by atoms with van der Waals surface area (Å²) in [5.41, 5.74) is 0.608. The van der Waals surface area contributed by atoms with Crippen molar-refractivity contribution < 1.29 is 14.3 Å². The molecule has 1 N–H and O–H groups in total. The SMILES string of the molecule is O=C(NC1CCCCCCCCCCC1)c1ccc(OC2CCOC2)nc1. The van der Waals surface area contributed by atoms with Crippen molar-refractivity contribution in [3.05, 3.63) is 23.9 Å². The minimum atomic E-state index is -0.0182. The fourth-order valence-electron chi connectivity index (χ4n) is 3.94. The highest BCUT2D eigenvalue weighted by Gasteiger charge is 2.18. The molecule has 3 rings (SSSR count). The van der Waals surface area contributed by atoms with Gasteiger partial charge in [-0.25, -0.2) is 4.98 Å². The lowest BCUT2D eigenvalue weighted by Gasteiger charge is -2.19. The molecule has 5 heteroatoms. The maximum Gasteiger partial charge on any atom is 0.253 e. The van der Waals surface area contributed by atoms with Crippen molar-refractivity contribution in [3.63, 3.8) is 0 Å². The first-order valence-corrected chi connectivity index (χ1v) is 10.8. The molecule has 2 heterocycles. The summed E-state index contributed by atoms with van der Waals surface area (Å²) in [7, 11) is 0.